The topological polar surface area (TPSA) is 76.5 Å². The number of azide groups is 1. The molecule has 222 valence electrons. The van der Waals surface area contributed by atoms with E-state index in [1.165, 1.54) is 64.2 Å². The number of hydrogen-bond acceptors (Lipinski definition) is 4. The highest BCUT2D eigenvalue weighted by Gasteiger charge is 2.59. The Labute approximate surface area is 238 Å². The number of hydrogen-bond donors (Lipinski definition) is 0. The second kappa shape index (κ2) is 14.2. The molecule has 0 aromatic rings. The molecule has 6 heteroatoms. The van der Waals surface area contributed by atoms with Gasteiger partial charge in [0.25, 0.3) is 0 Å². The van der Waals surface area contributed by atoms with Crippen LogP contribution in [0.4, 0.5) is 0 Å². The van der Waals surface area contributed by atoms with Gasteiger partial charge in [-0.3, -0.25) is 0 Å². The van der Waals surface area contributed by atoms with Crippen molar-refractivity contribution in [2.45, 2.75) is 111 Å². The first kappa shape index (κ1) is 30.9. The van der Waals surface area contributed by atoms with Crippen LogP contribution in [-0.4, -0.2) is 45.7 Å². The average molecular weight is 544 g/mol. The van der Waals surface area contributed by atoms with Gasteiger partial charge in [0.15, 0.2) is 0 Å². The van der Waals surface area contributed by atoms with E-state index in [1.807, 2.05) is 0 Å². The summed E-state index contributed by atoms with van der Waals surface area (Å²) in [6.07, 6.45) is 17.9. The molecule has 6 nitrogen and oxygen atoms in total. The van der Waals surface area contributed by atoms with Gasteiger partial charge in [-0.05, 0) is 103 Å². The molecule has 3 fully saturated rings. The van der Waals surface area contributed by atoms with Crippen molar-refractivity contribution in [3.8, 4) is 0 Å². The van der Waals surface area contributed by atoms with Gasteiger partial charge in [-0.1, -0.05) is 70.6 Å². The maximum atomic E-state index is 8.26. The second-order valence-corrected chi connectivity index (χ2v) is 14.2. The minimum atomic E-state index is 0.334. The SMILES string of the molecule is CC(C)CCC[C@@H](C)[C@H]1CC[C@H]2[C@@H]3CC=C4CC(OCCOCCOCCN=[N+]=[N-])CC[C@]4(C)[C@H]3CC[C@]12C. The smallest absolute Gasteiger partial charge is 0.0704 e. The van der Waals surface area contributed by atoms with Gasteiger partial charge in [-0.15, -0.1) is 0 Å². The lowest BCUT2D eigenvalue weighted by molar-refractivity contribution is -0.0688. The summed E-state index contributed by atoms with van der Waals surface area (Å²) in [5, 5.41) is 3.46. The minimum Gasteiger partial charge on any atom is -0.379 e. The van der Waals surface area contributed by atoms with Crippen molar-refractivity contribution >= 4 is 0 Å². The fraction of sp³-hybridized carbons (Fsp3) is 0.939. The first-order chi connectivity index (χ1) is 18.8. The van der Waals surface area contributed by atoms with Gasteiger partial charge in [0.05, 0.1) is 39.1 Å². The van der Waals surface area contributed by atoms with Crippen molar-refractivity contribution < 1.29 is 14.2 Å². The van der Waals surface area contributed by atoms with Crippen molar-refractivity contribution in [1.29, 1.82) is 0 Å². The molecule has 4 aliphatic rings. The van der Waals surface area contributed by atoms with Gasteiger partial charge in [-0.2, -0.15) is 0 Å². The summed E-state index contributed by atoms with van der Waals surface area (Å²) in [5.74, 6) is 5.35. The lowest BCUT2D eigenvalue weighted by Gasteiger charge is -2.58. The largest absolute Gasteiger partial charge is 0.379 e. The van der Waals surface area contributed by atoms with Gasteiger partial charge in [0, 0.05) is 11.5 Å². The monoisotopic (exact) mass is 543 g/mol. The second-order valence-electron chi connectivity index (χ2n) is 14.2. The maximum absolute atomic E-state index is 8.26. The molecule has 0 radical (unpaired) electrons. The lowest BCUT2D eigenvalue weighted by atomic mass is 9.47. The summed E-state index contributed by atoms with van der Waals surface area (Å²) in [7, 11) is 0. The third kappa shape index (κ3) is 7.23. The molecule has 0 aromatic carbocycles. The third-order valence-electron chi connectivity index (χ3n) is 11.6. The summed E-state index contributed by atoms with van der Waals surface area (Å²) in [6, 6.07) is 0. The molecule has 1 unspecified atom stereocenters. The molecule has 0 N–H and O–H groups in total. The van der Waals surface area contributed by atoms with Crippen LogP contribution in [0.5, 0.6) is 0 Å². The van der Waals surface area contributed by atoms with E-state index < -0.39 is 0 Å². The van der Waals surface area contributed by atoms with Crippen molar-refractivity contribution in [3.05, 3.63) is 22.1 Å². The predicted molar refractivity (Wildman–Crippen MR) is 158 cm³/mol. The van der Waals surface area contributed by atoms with Crippen LogP contribution >= 0.6 is 0 Å². The van der Waals surface area contributed by atoms with Crippen LogP contribution in [0, 0.1) is 46.3 Å². The van der Waals surface area contributed by atoms with E-state index in [1.54, 1.807) is 5.57 Å². The molecule has 8 atom stereocenters. The first-order valence-corrected chi connectivity index (χ1v) is 16.3. The molecule has 4 aliphatic carbocycles. The van der Waals surface area contributed by atoms with Crippen LogP contribution in [0.3, 0.4) is 0 Å². The molecule has 39 heavy (non-hydrogen) atoms. The van der Waals surface area contributed by atoms with E-state index in [0.717, 1.165) is 41.9 Å². The maximum Gasteiger partial charge on any atom is 0.0704 e. The van der Waals surface area contributed by atoms with Crippen LogP contribution in [0.1, 0.15) is 105 Å². The number of nitrogens with zero attached hydrogens (tertiary/aromatic N) is 3. The van der Waals surface area contributed by atoms with Crippen molar-refractivity contribution in [2.75, 3.05) is 39.6 Å². The Morgan fingerprint density at radius 2 is 1.72 bits per heavy atom. The first-order valence-electron chi connectivity index (χ1n) is 16.3. The van der Waals surface area contributed by atoms with E-state index in [-0.39, 0.29) is 0 Å². The average Bonchev–Trinajstić information content (AvgIpc) is 3.27. The summed E-state index contributed by atoms with van der Waals surface area (Å²) >= 11 is 0. The van der Waals surface area contributed by atoms with Crippen LogP contribution in [-0.2, 0) is 14.2 Å². The molecule has 0 bridgehead atoms. The zero-order valence-corrected chi connectivity index (χ0v) is 25.7. The van der Waals surface area contributed by atoms with Gasteiger partial charge in [-0.25, -0.2) is 0 Å². The van der Waals surface area contributed by atoms with Gasteiger partial charge >= 0.3 is 0 Å². The highest BCUT2D eigenvalue weighted by molar-refractivity contribution is 5.25. The van der Waals surface area contributed by atoms with Crippen LogP contribution in [0.25, 0.3) is 10.4 Å². The standard InChI is InChI=1S/C33H57N3O3/c1-24(2)7-6-8-25(3)29-11-12-30-28-10-9-26-23-27(39-22-21-38-20-19-37-18-17-35-36-34)13-15-32(26,4)31(28)14-16-33(29,30)5/h9,24-25,27-31H,6-8,10-23H2,1-5H3/t25-,27?,28+,29-,30+,31+,32+,33-/m1/s1. The fourth-order valence-corrected chi connectivity index (χ4v) is 9.54. The van der Waals surface area contributed by atoms with E-state index in [4.69, 9.17) is 19.7 Å². The zero-order valence-electron chi connectivity index (χ0n) is 25.7. The normalized spacial score (nSPS) is 36.5. The predicted octanol–water partition coefficient (Wildman–Crippen LogP) is 8.76. The summed E-state index contributed by atoms with van der Waals surface area (Å²) in [4.78, 5) is 2.72. The Morgan fingerprint density at radius 1 is 0.949 bits per heavy atom. The van der Waals surface area contributed by atoms with E-state index >= 15 is 0 Å². The Balaban J connectivity index is 1.24. The van der Waals surface area contributed by atoms with E-state index in [0.29, 0.717) is 56.5 Å². The molecular formula is C33H57N3O3. The van der Waals surface area contributed by atoms with Gasteiger partial charge in [0.2, 0.25) is 0 Å². The van der Waals surface area contributed by atoms with E-state index in [9.17, 15) is 0 Å². The molecular weight excluding hydrogens is 486 g/mol. The summed E-state index contributed by atoms with van der Waals surface area (Å²) in [5.41, 5.74) is 10.9. The molecule has 0 aromatic heterocycles. The molecule has 0 aliphatic heterocycles. The highest BCUT2D eigenvalue weighted by Crippen LogP contribution is 2.67. The van der Waals surface area contributed by atoms with Gasteiger partial charge in [0.1, 0.15) is 0 Å². The number of fused-ring (bicyclic) bond motifs is 5. The van der Waals surface area contributed by atoms with Gasteiger partial charge < -0.3 is 14.2 Å². The van der Waals surface area contributed by atoms with Crippen molar-refractivity contribution in [2.24, 2.45) is 51.5 Å². The molecule has 3 saturated carbocycles. The third-order valence-corrected chi connectivity index (χ3v) is 11.6. The molecule has 0 saturated heterocycles. The quantitative estimate of drug-likeness (QED) is 0.0681. The van der Waals surface area contributed by atoms with Crippen LogP contribution in [0.2, 0.25) is 0 Å². The molecule has 0 heterocycles. The van der Waals surface area contributed by atoms with Crippen LogP contribution < -0.4 is 0 Å². The fourth-order valence-electron chi connectivity index (χ4n) is 9.54. The molecule has 0 amide bonds. The zero-order chi connectivity index (χ0) is 27.9. The van der Waals surface area contributed by atoms with Crippen molar-refractivity contribution in [1.82, 2.24) is 0 Å². The number of allylic oxidation sites excluding steroid dienone is 1. The Kier molecular flexibility index (Phi) is 11.2. The number of ether oxygens (including phenoxy) is 3. The lowest BCUT2D eigenvalue weighted by Crippen LogP contribution is -2.51. The Hall–Kier alpha value is -1.07. The highest BCUT2D eigenvalue weighted by atomic mass is 16.5. The minimum absolute atomic E-state index is 0.334. The summed E-state index contributed by atoms with van der Waals surface area (Å²) < 4.78 is 17.3. The summed E-state index contributed by atoms with van der Waals surface area (Å²) in [6.45, 7) is 15.8. The van der Waals surface area contributed by atoms with E-state index in [2.05, 4.69) is 50.7 Å². The Bertz CT molecular complexity index is 855. The Morgan fingerprint density at radius 3 is 2.49 bits per heavy atom. The number of rotatable bonds is 15. The van der Waals surface area contributed by atoms with Crippen molar-refractivity contribution in [3.63, 3.8) is 0 Å². The molecule has 4 rings (SSSR count). The molecule has 0 spiro atoms. The van der Waals surface area contributed by atoms with Crippen LogP contribution in [0.15, 0.2) is 16.8 Å².